The van der Waals surface area contributed by atoms with E-state index in [1.54, 1.807) is 13.8 Å². The maximum Gasteiger partial charge on any atom is 0.336 e. The highest BCUT2D eigenvalue weighted by molar-refractivity contribution is 6.01. The summed E-state index contributed by atoms with van der Waals surface area (Å²) < 4.78 is 31.9. The van der Waals surface area contributed by atoms with Gasteiger partial charge >= 0.3 is 5.97 Å². The van der Waals surface area contributed by atoms with Crippen LogP contribution >= 0.6 is 0 Å². The van der Waals surface area contributed by atoms with Gasteiger partial charge in [-0.3, -0.25) is 4.79 Å². The van der Waals surface area contributed by atoms with Crippen LogP contribution in [0.3, 0.4) is 0 Å². The smallest absolute Gasteiger partial charge is 0.336 e. The minimum atomic E-state index is -2.26. The van der Waals surface area contributed by atoms with Crippen LogP contribution in [0.2, 0.25) is 0 Å². The summed E-state index contributed by atoms with van der Waals surface area (Å²) in [5, 5.41) is 31.8. The number of allylic oxidation sites excluding steroid dienone is 4. The summed E-state index contributed by atoms with van der Waals surface area (Å²) in [5.41, 5.74) is -7.14. The second-order valence-corrected chi connectivity index (χ2v) is 9.57. The third kappa shape index (κ3) is 1.92. The van der Waals surface area contributed by atoms with Gasteiger partial charge in [0.25, 0.3) is 0 Å². The zero-order valence-corrected chi connectivity index (χ0v) is 16.2. The van der Waals surface area contributed by atoms with Crippen molar-refractivity contribution < 1.29 is 33.7 Å². The SMILES string of the molecule is C[C@@H]1C[C@H]2[C@@H]3C[C@H](F)C4=CC(=O)C=C[C@]4(C)[C@]3(F)[C@@H](O)C[C@]2(C)[C@]1(O)C(=O)O. The number of aliphatic hydroxyl groups excluding tert-OH is 1. The number of carboxylic acid groups (broad SMARTS) is 1. The third-order valence-electron chi connectivity index (χ3n) is 8.54. The highest BCUT2D eigenvalue weighted by atomic mass is 19.1. The molecule has 0 aromatic heterocycles. The van der Waals surface area contributed by atoms with Crippen LogP contribution in [0.25, 0.3) is 0 Å². The van der Waals surface area contributed by atoms with Crippen molar-refractivity contribution in [3.63, 3.8) is 0 Å². The van der Waals surface area contributed by atoms with Crippen molar-refractivity contribution in [2.75, 3.05) is 0 Å². The van der Waals surface area contributed by atoms with E-state index >= 15 is 8.78 Å². The van der Waals surface area contributed by atoms with Crippen LogP contribution in [-0.4, -0.2) is 50.6 Å². The van der Waals surface area contributed by atoms with Gasteiger partial charge in [-0.05, 0) is 55.7 Å². The van der Waals surface area contributed by atoms with Crippen molar-refractivity contribution in [2.24, 2.45) is 28.6 Å². The van der Waals surface area contributed by atoms with Crippen molar-refractivity contribution in [3.05, 3.63) is 23.8 Å². The molecule has 4 aliphatic rings. The zero-order chi connectivity index (χ0) is 20.9. The molecule has 0 amide bonds. The van der Waals surface area contributed by atoms with Gasteiger partial charge in [0, 0.05) is 16.7 Å². The number of aliphatic carboxylic acids is 1. The van der Waals surface area contributed by atoms with E-state index in [0.29, 0.717) is 0 Å². The molecular weight excluding hydrogens is 370 g/mol. The fourth-order valence-electron chi connectivity index (χ4n) is 7.00. The Labute approximate surface area is 162 Å². The molecule has 7 heteroatoms. The number of ketones is 1. The average molecular weight is 396 g/mol. The number of carbonyl (C=O) groups is 2. The molecule has 4 rings (SSSR count). The molecule has 4 aliphatic carbocycles. The van der Waals surface area contributed by atoms with Crippen LogP contribution in [0.5, 0.6) is 0 Å². The van der Waals surface area contributed by atoms with Gasteiger partial charge in [0.1, 0.15) is 6.17 Å². The molecule has 9 atom stereocenters. The topological polar surface area (TPSA) is 94.8 Å². The third-order valence-corrected chi connectivity index (χ3v) is 8.54. The van der Waals surface area contributed by atoms with E-state index in [-0.39, 0.29) is 24.8 Å². The zero-order valence-electron chi connectivity index (χ0n) is 16.2. The normalized spacial score (nSPS) is 55.2. The first kappa shape index (κ1) is 19.7. The molecule has 0 heterocycles. The predicted molar refractivity (Wildman–Crippen MR) is 95.8 cm³/mol. The molecule has 28 heavy (non-hydrogen) atoms. The molecular formula is C21H26F2O5. The first-order valence-electron chi connectivity index (χ1n) is 9.76. The van der Waals surface area contributed by atoms with Crippen LogP contribution in [0.4, 0.5) is 8.78 Å². The summed E-state index contributed by atoms with van der Waals surface area (Å²) in [5.74, 6) is -4.07. The van der Waals surface area contributed by atoms with Crippen LogP contribution < -0.4 is 0 Å². The molecule has 3 fully saturated rings. The number of carboxylic acids is 1. The number of halogens is 2. The molecule has 0 aliphatic heterocycles. The second kappa shape index (κ2) is 5.51. The van der Waals surface area contributed by atoms with Crippen molar-refractivity contribution in [3.8, 4) is 0 Å². The lowest BCUT2D eigenvalue weighted by molar-refractivity contribution is -0.229. The Morgan fingerprint density at radius 2 is 1.89 bits per heavy atom. The minimum Gasteiger partial charge on any atom is -0.479 e. The Morgan fingerprint density at radius 1 is 1.25 bits per heavy atom. The van der Waals surface area contributed by atoms with E-state index in [1.165, 1.54) is 19.1 Å². The molecule has 0 bridgehead atoms. The summed E-state index contributed by atoms with van der Waals surface area (Å²) in [6.07, 6.45) is 0.214. The number of hydrogen-bond donors (Lipinski definition) is 3. The average Bonchev–Trinajstić information content (AvgIpc) is 2.81. The fraction of sp³-hybridized carbons (Fsp3) is 0.714. The molecule has 5 nitrogen and oxygen atoms in total. The molecule has 0 aromatic rings. The highest BCUT2D eigenvalue weighted by Crippen LogP contribution is 2.70. The van der Waals surface area contributed by atoms with Gasteiger partial charge in [0.15, 0.2) is 17.1 Å². The van der Waals surface area contributed by atoms with Gasteiger partial charge in [-0.25, -0.2) is 13.6 Å². The Morgan fingerprint density at radius 3 is 2.50 bits per heavy atom. The Bertz CT molecular complexity index is 824. The molecule has 0 saturated heterocycles. The molecule has 0 unspecified atom stereocenters. The number of rotatable bonds is 1. The van der Waals surface area contributed by atoms with E-state index in [0.717, 1.165) is 6.08 Å². The quantitative estimate of drug-likeness (QED) is 0.633. The van der Waals surface area contributed by atoms with E-state index in [9.17, 15) is 24.9 Å². The van der Waals surface area contributed by atoms with Gasteiger partial charge in [-0.2, -0.15) is 0 Å². The largest absolute Gasteiger partial charge is 0.479 e. The lowest BCUT2D eigenvalue weighted by atomic mass is 9.44. The van der Waals surface area contributed by atoms with E-state index in [2.05, 4.69) is 0 Å². The summed E-state index contributed by atoms with van der Waals surface area (Å²) in [4.78, 5) is 23.7. The minimum absolute atomic E-state index is 0.0287. The number of aliphatic hydroxyl groups is 2. The maximum absolute atomic E-state index is 16.8. The van der Waals surface area contributed by atoms with Crippen molar-refractivity contribution >= 4 is 11.8 Å². The van der Waals surface area contributed by atoms with Crippen molar-refractivity contribution in [1.29, 1.82) is 0 Å². The highest BCUT2D eigenvalue weighted by Gasteiger charge is 2.76. The van der Waals surface area contributed by atoms with Crippen molar-refractivity contribution in [2.45, 2.75) is 63.6 Å². The first-order chi connectivity index (χ1) is 12.8. The number of fused-ring (bicyclic) bond motifs is 5. The van der Waals surface area contributed by atoms with E-state index in [1.807, 2.05) is 0 Å². The van der Waals surface area contributed by atoms with Crippen LogP contribution in [0.1, 0.15) is 40.0 Å². The Balaban J connectivity index is 1.88. The van der Waals surface area contributed by atoms with E-state index < -0.39 is 63.9 Å². The van der Waals surface area contributed by atoms with Crippen molar-refractivity contribution in [1.82, 2.24) is 0 Å². The molecule has 0 spiro atoms. The van der Waals surface area contributed by atoms with Gasteiger partial charge in [-0.1, -0.05) is 19.9 Å². The van der Waals surface area contributed by atoms with Gasteiger partial charge in [0.05, 0.1) is 6.10 Å². The number of carbonyl (C=O) groups excluding carboxylic acids is 1. The van der Waals surface area contributed by atoms with Gasteiger partial charge in [0.2, 0.25) is 0 Å². The molecule has 3 saturated carbocycles. The van der Waals surface area contributed by atoms with Crippen LogP contribution in [0, 0.1) is 28.6 Å². The second-order valence-electron chi connectivity index (χ2n) is 9.57. The molecule has 0 radical (unpaired) electrons. The molecule has 0 aromatic carbocycles. The predicted octanol–water partition coefficient (Wildman–Crippen LogP) is 2.37. The molecule has 3 N–H and O–H groups in total. The fourth-order valence-corrected chi connectivity index (χ4v) is 7.00. The van der Waals surface area contributed by atoms with Gasteiger partial charge < -0.3 is 15.3 Å². The van der Waals surface area contributed by atoms with Crippen LogP contribution in [-0.2, 0) is 9.59 Å². The molecule has 154 valence electrons. The summed E-state index contributed by atoms with van der Waals surface area (Å²) in [6, 6.07) is 0. The number of hydrogen-bond acceptors (Lipinski definition) is 4. The maximum atomic E-state index is 16.8. The lowest BCUT2D eigenvalue weighted by Crippen LogP contribution is -2.70. The Hall–Kier alpha value is -1.60. The van der Waals surface area contributed by atoms with E-state index in [4.69, 9.17) is 0 Å². The van der Waals surface area contributed by atoms with Crippen LogP contribution in [0.15, 0.2) is 23.8 Å². The standard InChI is InChI=1S/C21H26F2O5/c1-10-6-12-13-8-15(22)14-7-11(24)4-5-18(14,2)20(13,23)16(25)9-19(12,3)21(10,28)17(26)27/h4-5,7,10,12-13,15-16,25,28H,6,8-9H2,1-3H3,(H,26,27)/t10-,12+,13+,15+,16+,18+,19+,20-,21-/m1/s1. The first-order valence-corrected chi connectivity index (χ1v) is 9.76. The lowest BCUT2D eigenvalue weighted by Gasteiger charge is -2.62. The monoisotopic (exact) mass is 396 g/mol. The summed E-state index contributed by atoms with van der Waals surface area (Å²) in [7, 11) is 0. The number of alkyl halides is 2. The summed E-state index contributed by atoms with van der Waals surface area (Å²) >= 11 is 0. The van der Waals surface area contributed by atoms with Gasteiger partial charge in [-0.15, -0.1) is 0 Å². The summed E-state index contributed by atoms with van der Waals surface area (Å²) in [6.45, 7) is 4.67. The Kier molecular flexibility index (Phi) is 3.88.